The molecule has 0 bridgehead atoms. The van der Waals surface area contributed by atoms with E-state index in [1.165, 1.54) is 0 Å². The van der Waals surface area contributed by atoms with Crippen molar-refractivity contribution in [1.29, 1.82) is 0 Å². The van der Waals surface area contributed by atoms with Crippen LogP contribution >= 0.6 is 11.6 Å². The van der Waals surface area contributed by atoms with Gasteiger partial charge < -0.3 is 11.1 Å². The third-order valence-corrected chi connectivity index (χ3v) is 2.98. The van der Waals surface area contributed by atoms with Gasteiger partial charge in [0.15, 0.2) is 0 Å². The lowest BCUT2D eigenvalue weighted by atomic mass is 10.2. The summed E-state index contributed by atoms with van der Waals surface area (Å²) < 4.78 is 0. The molecule has 0 fully saturated rings. The normalized spacial score (nSPS) is 10.2. The zero-order valence-electron chi connectivity index (χ0n) is 9.57. The molecule has 1 aromatic carbocycles. The van der Waals surface area contributed by atoms with Crippen LogP contribution in [0.15, 0.2) is 36.5 Å². The summed E-state index contributed by atoms with van der Waals surface area (Å²) in [5.74, 6) is 0.699. The van der Waals surface area contributed by atoms with E-state index in [0.29, 0.717) is 18.1 Å². The van der Waals surface area contributed by atoms with Crippen LogP contribution in [-0.2, 0) is 6.54 Å². The van der Waals surface area contributed by atoms with Gasteiger partial charge in [-0.3, -0.25) is 0 Å². The van der Waals surface area contributed by atoms with Crippen LogP contribution in [0.3, 0.4) is 0 Å². The SMILES string of the molecule is Cc1ccnc(NCc2ccccc2Cl)c1N. The zero-order chi connectivity index (χ0) is 12.3. The van der Waals surface area contributed by atoms with Crippen LogP contribution in [0.25, 0.3) is 0 Å². The maximum absolute atomic E-state index is 6.07. The molecule has 0 radical (unpaired) electrons. The highest BCUT2D eigenvalue weighted by Gasteiger charge is 2.04. The Morgan fingerprint density at radius 2 is 2.06 bits per heavy atom. The Morgan fingerprint density at radius 1 is 1.29 bits per heavy atom. The Morgan fingerprint density at radius 3 is 2.82 bits per heavy atom. The molecule has 0 saturated heterocycles. The highest BCUT2D eigenvalue weighted by atomic mass is 35.5. The van der Waals surface area contributed by atoms with E-state index in [4.69, 9.17) is 17.3 Å². The lowest BCUT2D eigenvalue weighted by Crippen LogP contribution is -2.05. The number of aryl methyl sites for hydroxylation is 1. The van der Waals surface area contributed by atoms with E-state index in [1.807, 2.05) is 37.3 Å². The highest BCUT2D eigenvalue weighted by Crippen LogP contribution is 2.21. The van der Waals surface area contributed by atoms with Crippen molar-refractivity contribution >= 4 is 23.1 Å². The number of nitrogens with one attached hydrogen (secondary N) is 1. The molecular formula is C13H14ClN3. The van der Waals surface area contributed by atoms with Crippen molar-refractivity contribution in [3.05, 3.63) is 52.7 Å². The first-order valence-corrected chi connectivity index (χ1v) is 5.74. The summed E-state index contributed by atoms with van der Waals surface area (Å²) in [6.45, 7) is 2.57. The fraction of sp³-hybridized carbons (Fsp3) is 0.154. The molecule has 4 heteroatoms. The van der Waals surface area contributed by atoms with Crippen molar-refractivity contribution in [3.8, 4) is 0 Å². The molecule has 0 unspecified atom stereocenters. The van der Waals surface area contributed by atoms with Crippen molar-refractivity contribution in [2.24, 2.45) is 0 Å². The van der Waals surface area contributed by atoms with Crippen LogP contribution in [-0.4, -0.2) is 4.98 Å². The lowest BCUT2D eigenvalue weighted by molar-refractivity contribution is 1.11. The number of pyridine rings is 1. The van der Waals surface area contributed by atoms with Crippen LogP contribution in [0.5, 0.6) is 0 Å². The second kappa shape index (κ2) is 5.06. The summed E-state index contributed by atoms with van der Waals surface area (Å²) in [6.07, 6.45) is 1.74. The van der Waals surface area contributed by atoms with E-state index < -0.39 is 0 Å². The molecule has 0 saturated carbocycles. The van der Waals surface area contributed by atoms with Crippen molar-refractivity contribution in [2.75, 3.05) is 11.1 Å². The van der Waals surface area contributed by atoms with E-state index >= 15 is 0 Å². The minimum atomic E-state index is 0.611. The van der Waals surface area contributed by atoms with Crippen LogP contribution in [0.1, 0.15) is 11.1 Å². The Labute approximate surface area is 106 Å². The lowest BCUT2D eigenvalue weighted by Gasteiger charge is -2.10. The van der Waals surface area contributed by atoms with Crippen LogP contribution in [0, 0.1) is 6.92 Å². The summed E-state index contributed by atoms with van der Waals surface area (Å²) in [6, 6.07) is 9.59. The highest BCUT2D eigenvalue weighted by molar-refractivity contribution is 6.31. The second-order valence-electron chi connectivity index (χ2n) is 3.84. The van der Waals surface area contributed by atoms with Gasteiger partial charge in [-0.1, -0.05) is 29.8 Å². The predicted molar refractivity (Wildman–Crippen MR) is 72.2 cm³/mol. The first-order chi connectivity index (χ1) is 8.18. The molecule has 0 aliphatic carbocycles. The second-order valence-corrected chi connectivity index (χ2v) is 4.24. The Balaban J connectivity index is 2.13. The van der Waals surface area contributed by atoms with Gasteiger partial charge in [-0.25, -0.2) is 4.98 Å². The van der Waals surface area contributed by atoms with Crippen molar-refractivity contribution < 1.29 is 0 Å². The number of anilines is 2. The minimum Gasteiger partial charge on any atom is -0.396 e. The molecule has 88 valence electrons. The van der Waals surface area contributed by atoms with E-state index in [2.05, 4.69) is 10.3 Å². The molecule has 0 spiro atoms. The van der Waals surface area contributed by atoms with Crippen molar-refractivity contribution in [3.63, 3.8) is 0 Å². The first kappa shape index (κ1) is 11.7. The fourth-order valence-corrected chi connectivity index (χ4v) is 1.73. The number of aromatic nitrogens is 1. The smallest absolute Gasteiger partial charge is 0.149 e. The average Bonchev–Trinajstić information content (AvgIpc) is 2.33. The van der Waals surface area contributed by atoms with Gasteiger partial charge in [-0.15, -0.1) is 0 Å². The molecule has 2 aromatic rings. The molecule has 1 aromatic heterocycles. The van der Waals surface area contributed by atoms with Crippen molar-refractivity contribution in [1.82, 2.24) is 4.98 Å². The fourth-order valence-electron chi connectivity index (χ4n) is 1.53. The quantitative estimate of drug-likeness (QED) is 0.876. The monoisotopic (exact) mass is 247 g/mol. The van der Waals surface area contributed by atoms with Gasteiger partial charge in [0.1, 0.15) is 5.82 Å². The summed E-state index contributed by atoms with van der Waals surface area (Å²) in [5.41, 5.74) is 8.65. The summed E-state index contributed by atoms with van der Waals surface area (Å²) in [7, 11) is 0. The molecule has 0 aliphatic rings. The number of benzene rings is 1. The molecule has 3 nitrogen and oxygen atoms in total. The van der Waals surface area contributed by atoms with E-state index in [1.54, 1.807) is 6.20 Å². The zero-order valence-corrected chi connectivity index (χ0v) is 10.3. The molecule has 0 amide bonds. The van der Waals surface area contributed by atoms with Gasteiger partial charge >= 0.3 is 0 Å². The molecule has 0 atom stereocenters. The first-order valence-electron chi connectivity index (χ1n) is 5.37. The third kappa shape index (κ3) is 2.68. The molecule has 0 aliphatic heterocycles. The summed E-state index contributed by atoms with van der Waals surface area (Å²) >= 11 is 6.07. The van der Waals surface area contributed by atoms with E-state index in [0.717, 1.165) is 16.1 Å². The third-order valence-electron chi connectivity index (χ3n) is 2.61. The Bertz CT molecular complexity index is 526. The Kier molecular flexibility index (Phi) is 3.49. The summed E-state index contributed by atoms with van der Waals surface area (Å²) in [5, 5.41) is 3.93. The standard InChI is InChI=1S/C13H14ClN3/c1-9-6-7-16-13(12(9)15)17-8-10-4-2-3-5-11(10)14/h2-7H,8,15H2,1H3,(H,16,17). The molecule has 3 N–H and O–H groups in total. The average molecular weight is 248 g/mol. The van der Waals surface area contributed by atoms with Crippen LogP contribution in [0.4, 0.5) is 11.5 Å². The molecular weight excluding hydrogens is 234 g/mol. The Hall–Kier alpha value is -1.74. The van der Waals surface area contributed by atoms with Gasteiger partial charge in [-0.2, -0.15) is 0 Å². The number of nitrogen functional groups attached to an aromatic ring is 1. The maximum atomic E-state index is 6.07. The number of halogens is 1. The molecule has 2 rings (SSSR count). The number of rotatable bonds is 3. The van der Waals surface area contributed by atoms with E-state index in [9.17, 15) is 0 Å². The maximum Gasteiger partial charge on any atom is 0.149 e. The van der Waals surface area contributed by atoms with E-state index in [-0.39, 0.29) is 0 Å². The topological polar surface area (TPSA) is 50.9 Å². The largest absolute Gasteiger partial charge is 0.396 e. The number of nitrogens with two attached hydrogens (primary N) is 1. The van der Waals surface area contributed by atoms with Gasteiger partial charge in [0, 0.05) is 17.8 Å². The van der Waals surface area contributed by atoms with Gasteiger partial charge in [0.25, 0.3) is 0 Å². The number of nitrogens with zero attached hydrogens (tertiary/aromatic N) is 1. The van der Waals surface area contributed by atoms with Gasteiger partial charge in [0.2, 0.25) is 0 Å². The molecule has 17 heavy (non-hydrogen) atoms. The number of hydrogen-bond acceptors (Lipinski definition) is 3. The van der Waals surface area contributed by atoms with Gasteiger partial charge in [0.05, 0.1) is 5.69 Å². The summed E-state index contributed by atoms with van der Waals surface area (Å²) in [4.78, 5) is 4.20. The number of hydrogen-bond donors (Lipinski definition) is 2. The van der Waals surface area contributed by atoms with Gasteiger partial charge in [-0.05, 0) is 30.2 Å². The predicted octanol–water partition coefficient (Wildman–Crippen LogP) is 3.24. The van der Waals surface area contributed by atoms with Crippen molar-refractivity contribution in [2.45, 2.75) is 13.5 Å². The molecule has 1 heterocycles. The minimum absolute atomic E-state index is 0.611. The van der Waals surface area contributed by atoms with Crippen LogP contribution < -0.4 is 11.1 Å². The van der Waals surface area contributed by atoms with Crippen LogP contribution in [0.2, 0.25) is 5.02 Å².